The van der Waals surface area contributed by atoms with Gasteiger partial charge in [0.1, 0.15) is 34.1 Å². The topological polar surface area (TPSA) is 96.3 Å². The van der Waals surface area contributed by atoms with Crippen LogP contribution in [-0.4, -0.2) is 32.7 Å². The lowest BCUT2D eigenvalue weighted by atomic mass is 9.99. The number of benzene rings is 1. The van der Waals surface area contributed by atoms with Crippen molar-refractivity contribution in [2.75, 3.05) is 6.54 Å². The number of hydrogen-bond acceptors (Lipinski definition) is 5. The van der Waals surface area contributed by atoms with Gasteiger partial charge in [-0.15, -0.1) is 11.3 Å². The summed E-state index contributed by atoms with van der Waals surface area (Å²) in [5.41, 5.74) is -1.25. The minimum Gasteiger partial charge on any atom is -0.455 e. The number of halogens is 3. The van der Waals surface area contributed by atoms with E-state index in [9.17, 15) is 19.1 Å². The molecule has 0 saturated heterocycles. The number of aryl methyl sites for hydroxylation is 3. The highest BCUT2D eigenvalue weighted by Gasteiger charge is 2.49. The number of amides is 1. The van der Waals surface area contributed by atoms with E-state index >= 15 is 8.78 Å². The quantitative estimate of drug-likeness (QED) is 0.274. The number of hydrogen-bond donors (Lipinski definition) is 3. The number of aromatic nitrogens is 2. The molecule has 1 amide bonds. The Morgan fingerprint density at radius 2 is 1.82 bits per heavy atom. The Morgan fingerprint density at radius 3 is 2.39 bits per heavy atom. The molecule has 0 radical (unpaired) electrons. The number of nitrogens with zero attached hydrogens (tertiary/aromatic N) is 1. The van der Waals surface area contributed by atoms with E-state index < -0.39 is 33.7 Å². The monoisotopic (exact) mass is 547 g/mol. The first-order valence-corrected chi connectivity index (χ1v) is 12.7. The Kier molecular flexibility index (Phi) is 6.96. The number of ether oxygens (including phenoxy) is 1. The summed E-state index contributed by atoms with van der Waals surface area (Å²) in [6, 6.07) is 5.18. The number of rotatable bonds is 7. The molecule has 7 nitrogen and oxygen atoms in total. The smallest absolute Gasteiger partial charge is 0.309 e. The molecule has 0 atom stereocenters. The number of alkyl halides is 2. The number of aliphatic hydroxyl groups is 1. The van der Waals surface area contributed by atoms with Crippen molar-refractivity contribution in [1.82, 2.24) is 14.9 Å². The van der Waals surface area contributed by atoms with Gasteiger partial charge in [-0.25, -0.2) is 4.39 Å². The molecule has 38 heavy (non-hydrogen) atoms. The van der Waals surface area contributed by atoms with E-state index in [2.05, 4.69) is 10.3 Å². The van der Waals surface area contributed by atoms with Crippen LogP contribution in [0.25, 0.3) is 21.3 Å². The predicted octanol–water partition coefficient (Wildman–Crippen LogP) is 5.76. The Morgan fingerprint density at radius 1 is 1.18 bits per heavy atom. The molecular weight excluding hydrogens is 519 g/mol. The second-order valence-corrected chi connectivity index (χ2v) is 10.8. The number of fused-ring (bicyclic) bond motifs is 1. The van der Waals surface area contributed by atoms with Crippen molar-refractivity contribution in [1.29, 1.82) is 0 Å². The number of carbonyl (C=O) groups is 1. The fraction of sp³-hybridized carbons (Fsp3) is 0.333. The number of pyridine rings is 1. The van der Waals surface area contributed by atoms with E-state index in [1.165, 1.54) is 36.0 Å². The summed E-state index contributed by atoms with van der Waals surface area (Å²) < 4.78 is 52.0. The molecule has 0 aliphatic heterocycles. The molecule has 3 N–H and O–H groups in total. The standard InChI is InChI=1S/C27H28F3N3O4S/c1-7-31-24(34)18-10-16-17(12-33(6)25(35)21(16)32-18)23-19(11-20(38-23)27(29,30)26(4,5)36)37-22-13(2)8-15(28)9-14(22)3/h8-12,32,36H,7H2,1-6H3,(H,31,34). The molecule has 0 unspecified atom stereocenters. The molecule has 202 valence electrons. The third-order valence-corrected chi connectivity index (χ3v) is 7.42. The van der Waals surface area contributed by atoms with Gasteiger partial charge in [-0.05, 0) is 63.9 Å². The van der Waals surface area contributed by atoms with Crippen molar-refractivity contribution < 1.29 is 27.8 Å². The van der Waals surface area contributed by atoms with E-state index in [1.807, 2.05) is 0 Å². The molecular formula is C27H28F3N3O4S. The van der Waals surface area contributed by atoms with Crippen molar-refractivity contribution in [3.63, 3.8) is 0 Å². The first-order valence-electron chi connectivity index (χ1n) is 11.9. The first-order chi connectivity index (χ1) is 17.7. The van der Waals surface area contributed by atoms with Crippen LogP contribution in [0.5, 0.6) is 11.5 Å². The van der Waals surface area contributed by atoms with Crippen LogP contribution in [0, 0.1) is 19.7 Å². The van der Waals surface area contributed by atoms with Gasteiger partial charge in [0.15, 0.2) is 0 Å². The zero-order chi connectivity index (χ0) is 28.2. The van der Waals surface area contributed by atoms with Crippen molar-refractivity contribution in [2.45, 2.75) is 46.1 Å². The summed E-state index contributed by atoms with van der Waals surface area (Å²) >= 11 is 0.699. The molecule has 0 fully saturated rings. The summed E-state index contributed by atoms with van der Waals surface area (Å²) in [4.78, 5) is 28.0. The van der Waals surface area contributed by atoms with Crippen LogP contribution in [0.15, 0.2) is 35.3 Å². The van der Waals surface area contributed by atoms with Crippen LogP contribution in [0.2, 0.25) is 0 Å². The summed E-state index contributed by atoms with van der Waals surface area (Å²) in [6.07, 6.45) is 1.48. The van der Waals surface area contributed by atoms with Crippen molar-refractivity contribution in [3.05, 3.63) is 68.3 Å². The Hall–Kier alpha value is -3.57. The van der Waals surface area contributed by atoms with Gasteiger partial charge in [-0.3, -0.25) is 9.59 Å². The second kappa shape index (κ2) is 9.63. The molecule has 0 spiro atoms. The van der Waals surface area contributed by atoms with Crippen LogP contribution >= 0.6 is 11.3 Å². The van der Waals surface area contributed by atoms with Gasteiger partial charge in [-0.1, -0.05) is 0 Å². The third-order valence-electron chi connectivity index (χ3n) is 6.20. The number of thiophene rings is 1. The summed E-state index contributed by atoms with van der Waals surface area (Å²) in [5.74, 6) is -4.21. The highest BCUT2D eigenvalue weighted by Crippen LogP contribution is 2.50. The molecule has 4 aromatic rings. The maximum absolute atomic E-state index is 15.3. The lowest BCUT2D eigenvalue weighted by Gasteiger charge is -2.27. The van der Waals surface area contributed by atoms with Gasteiger partial charge in [-0.2, -0.15) is 8.78 Å². The Balaban J connectivity index is 2.01. The molecule has 1 aromatic carbocycles. The van der Waals surface area contributed by atoms with E-state index in [4.69, 9.17) is 4.74 Å². The summed E-state index contributed by atoms with van der Waals surface area (Å²) in [6.45, 7) is 7.42. The molecule has 0 aliphatic carbocycles. The molecule has 4 rings (SSSR count). The number of nitrogens with one attached hydrogen (secondary N) is 2. The van der Waals surface area contributed by atoms with E-state index in [1.54, 1.807) is 20.8 Å². The Bertz CT molecular complexity index is 1590. The Labute approximate surface area is 220 Å². The van der Waals surface area contributed by atoms with E-state index in [-0.39, 0.29) is 21.8 Å². The van der Waals surface area contributed by atoms with Crippen LogP contribution in [0.3, 0.4) is 0 Å². The number of aromatic amines is 1. The van der Waals surface area contributed by atoms with Gasteiger partial charge in [0.25, 0.3) is 11.5 Å². The average Bonchev–Trinajstić information content (AvgIpc) is 3.44. The molecule has 11 heteroatoms. The van der Waals surface area contributed by atoms with Crippen molar-refractivity contribution in [2.24, 2.45) is 7.05 Å². The largest absolute Gasteiger partial charge is 0.455 e. The molecule has 0 aliphatic rings. The average molecular weight is 548 g/mol. The van der Waals surface area contributed by atoms with Crippen molar-refractivity contribution >= 4 is 28.1 Å². The number of carbonyl (C=O) groups excluding carboxylic acids is 1. The minimum atomic E-state index is -3.65. The molecule has 3 heterocycles. The van der Waals surface area contributed by atoms with Crippen LogP contribution < -0.4 is 15.6 Å². The highest BCUT2D eigenvalue weighted by molar-refractivity contribution is 7.16. The summed E-state index contributed by atoms with van der Waals surface area (Å²) in [5, 5.41) is 13.2. The van der Waals surface area contributed by atoms with Gasteiger partial charge < -0.3 is 24.7 Å². The third kappa shape index (κ3) is 4.71. The molecule has 0 bridgehead atoms. The fourth-order valence-electron chi connectivity index (χ4n) is 4.16. The van der Waals surface area contributed by atoms with Crippen LogP contribution in [0.4, 0.5) is 13.2 Å². The second-order valence-electron chi connectivity index (χ2n) is 9.70. The normalized spacial score (nSPS) is 12.3. The van der Waals surface area contributed by atoms with Gasteiger partial charge in [0.05, 0.1) is 9.75 Å². The maximum Gasteiger partial charge on any atom is 0.309 e. The SMILES string of the molecule is CCNC(=O)c1cc2c(-c3sc(C(F)(F)C(C)(C)O)cc3Oc3c(C)cc(F)cc3C)cn(C)c(=O)c2[nH]1. The summed E-state index contributed by atoms with van der Waals surface area (Å²) in [7, 11) is 1.51. The predicted molar refractivity (Wildman–Crippen MR) is 141 cm³/mol. The molecule has 0 saturated carbocycles. The fourth-order valence-corrected chi connectivity index (χ4v) is 5.39. The first kappa shape index (κ1) is 27.5. The van der Waals surface area contributed by atoms with Gasteiger partial charge in [0.2, 0.25) is 0 Å². The zero-order valence-corrected chi connectivity index (χ0v) is 22.6. The molecule has 3 aromatic heterocycles. The zero-order valence-electron chi connectivity index (χ0n) is 21.8. The lowest BCUT2D eigenvalue weighted by molar-refractivity contribution is -0.166. The number of H-pyrrole nitrogens is 1. The minimum absolute atomic E-state index is 0.0347. The van der Waals surface area contributed by atoms with Gasteiger partial charge >= 0.3 is 5.92 Å². The van der Waals surface area contributed by atoms with Gasteiger partial charge in [0, 0.05) is 36.8 Å². The van der Waals surface area contributed by atoms with E-state index in [0.717, 1.165) is 19.9 Å². The van der Waals surface area contributed by atoms with Crippen molar-refractivity contribution in [3.8, 4) is 21.9 Å². The van der Waals surface area contributed by atoms with E-state index in [0.29, 0.717) is 45.7 Å². The maximum atomic E-state index is 15.3. The van der Waals surface area contributed by atoms with Crippen LogP contribution in [0.1, 0.15) is 47.3 Å². The highest BCUT2D eigenvalue weighted by atomic mass is 32.1. The van der Waals surface area contributed by atoms with Crippen LogP contribution in [-0.2, 0) is 13.0 Å². The lowest BCUT2D eigenvalue weighted by Crippen LogP contribution is -2.39.